The second kappa shape index (κ2) is 7.08. The van der Waals surface area contributed by atoms with Crippen molar-refractivity contribution in [3.05, 3.63) is 45.4 Å². The van der Waals surface area contributed by atoms with Gasteiger partial charge in [-0.3, -0.25) is 0 Å². The molecule has 4 heteroatoms. The normalized spacial score (nSPS) is 10.9. The molecule has 1 aromatic carbocycles. The molecule has 2 rings (SSSR count). The largest absolute Gasteiger partial charge is 0.313 e. The Hall–Kier alpha value is -0.840. The first-order chi connectivity index (χ1) is 9.19. The molecule has 1 heterocycles. The first-order valence-corrected chi connectivity index (χ1v) is 8.34. The Morgan fingerprint density at radius 1 is 1.21 bits per heavy atom. The van der Waals surface area contributed by atoms with Crippen LogP contribution in [-0.4, -0.2) is 11.5 Å². The van der Waals surface area contributed by atoms with Crippen LogP contribution in [0.15, 0.2) is 29.2 Å². The van der Waals surface area contributed by atoms with Crippen LogP contribution in [0, 0.1) is 13.8 Å². The summed E-state index contributed by atoms with van der Waals surface area (Å²) in [6.07, 6.45) is 0. The van der Waals surface area contributed by atoms with Crippen LogP contribution in [-0.2, 0) is 12.3 Å². The van der Waals surface area contributed by atoms with Gasteiger partial charge in [0, 0.05) is 16.3 Å². The van der Waals surface area contributed by atoms with E-state index >= 15 is 0 Å². The number of hydrogen-bond acceptors (Lipinski definition) is 4. The van der Waals surface area contributed by atoms with E-state index in [-0.39, 0.29) is 0 Å². The lowest BCUT2D eigenvalue weighted by atomic mass is 10.2. The molecule has 0 spiro atoms. The quantitative estimate of drug-likeness (QED) is 0.809. The van der Waals surface area contributed by atoms with Crippen molar-refractivity contribution in [3.63, 3.8) is 0 Å². The molecule has 0 aliphatic rings. The minimum atomic E-state index is 0.951. The lowest BCUT2D eigenvalue weighted by Crippen LogP contribution is -2.11. The van der Waals surface area contributed by atoms with E-state index in [1.807, 2.05) is 11.8 Å². The minimum Gasteiger partial charge on any atom is -0.313 e. The van der Waals surface area contributed by atoms with Gasteiger partial charge in [0.25, 0.3) is 0 Å². The highest BCUT2D eigenvalue weighted by molar-refractivity contribution is 7.98. The first-order valence-electron chi connectivity index (χ1n) is 6.54. The van der Waals surface area contributed by atoms with Gasteiger partial charge in [-0.05, 0) is 38.1 Å². The van der Waals surface area contributed by atoms with Gasteiger partial charge in [0.15, 0.2) is 0 Å². The van der Waals surface area contributed by atoms with Crippen LogP contribution in [0.25, 0.3) is 0 Å². The van der Waals surface area contributed by atoms with Crippen molar-refractivity contribution >= 4 is 23.1 Å². The lowest BCUT2D eigenvalue weighted by molar-refractivity contribution is 0.726. The van der Waals surface area contributed by atoms with Crippen molar-refractivity contribution in [1.29, 1.82) is 0 Å². The van der Waals surface area contributed by atoms with E-state index in [0.717, 1.165) is 18.8 Å². The maximum atomic E-state index is 4.57. The summed E-state index contributed by atoms with van der Waals surface area (Å²) in [7, 11) is 0. The molecule has 19 heavy (non-hydrogen) atoms. The molecule has 0 saturated carbocycles. The summed E-state index contributed by atoms with van der Waals surface area (Å²) in [4.78, 5) is 7.21. The van der Waals surface area contributed by atoms with Gasteiger partial charge < -0.3 is 5.32 Å². The fourth-order valence-electron chi connectivity index (χ4n) is 1.72. The number of thiazole rings is 1. The molecule has 0 aliphatic carbocycles. The molecule has 0 atom stereocenters. The Bertz CT molecular complexity index is 498. The number of nitrogens with zero attached hydrogens (tertiary/aromatic N) is 1. The lowest BCUT2D eigenvalue weighted by Gasteiger charge is -2.04. The summed E-state index contributed by atoms with van der Waals surface area (Å²) in [6, 6.07) is 8.79. The molecule has 2 nitrogen and oxygen atoms in total. The van der Waals surface area contributed by atoms with Crippen LogP contribution in [0.4, 0.5) is 0 Å². The zero-order valence-electron chi connectivity index (χ0n) is 11.7. The number of hydrogen-bond donors (Lipinski definition) is 1. The topological polar surface area (TPSA) is 24.9 Å². The number of thioether (sulfide) groups is 1. The van der Waals surface area contributed by atoms with Crippen molar-refractivity contribution in [2.45, 2.75) is 38.0 Å². The Labute approximate surface area is 123 Å². The Morgan fingerprint density at radius 2 is 1.95 bits per heavy atom. The summed E-state index contributed by atoms with van der Waals surface area (Å²) in [5.74, 6) is 0.964. The monoisotopic (exact) mass is 292 g/mol. The maximum absolute atomic E-state index is 4.57. The van der Waals surface area contributed by atoms with Gasteiger partial charge in [-0.1, -0.05) is 19.1 Å². The minimum absolute atomic E-state index is 0.951. The fourth-order valence-corrected chi connectivity index (χ4v) is 3.54. The van der Waals surface area contributed by atoms with Crippen LogP contribution in [0.5, 0.6) is 0 Å². The average Bonchev–Trinajstić information content (AvgIpc) is 2.74. The van der Waals surface area contributed by atoms with Crippen molar-refractivity contribution < 1.29 is 0 Å². The molecule has 0 aliphatic heterocycles. The molecule has 0 fully saturated rings. The molecule has 0 saturated heterocycles. The van der Waals surface area contributed by atoms with E-state index in [9.17, 15) is 0 Å². The van der Waals surface area contributed by atoms with Crippen LogP contribution in [0.3, 0.4) is 0 Å². The third kappa shape index (κ3) is 4.34. The van der Waals surface area contributed by atoms with E-state index < -0.39 is 0 Å². The average molecular weight is 292 g/mol. The summed E-state index contributed by atoms with van der Waals surface area (Å²) in [5.41, 5.74) is 2.51. The van der Waals surface area contributed by atoms with Gasteiger partial charge >= 0.3 is 0 Å². The molecule has 0 bridgehead atoms. The molecular weight excluding hydrogens is 272 g/mol. The van der Waals surface area contributed by atoms with Gasteiger partial charge in [-0.25, -0.2) is 4.98 Å². The smallest absolute Gasteiger partial charge is 0.103 e. The summed E-state index contributed by atoms with van der Waals surface area (Å²) >= 11 is 3.66. The van der Waals surface area contributed by atoms with Crippen molar-refractivity contribution in [1.82, 2.24) is 10.3 Å². The molecule has 1 N–H and O–H groups in total. The summed E-state index contributed by atoms with van der Waals surface area (Å²) in [5, 5.41) is 4.55. The van der Waals surface area contributed by atoms with Crippen molar-refractivity contribution in [2.75, 3.05) is 6.54 Å². The molecule has 2 aromatic rings. The molecular formula is C15H20N2S2. The highest BCUT2D eigenvalue weighted by Crippen LogP contribution is 2.26. The summed E-state index contributed by atoms with van der Waals surface area (Å²) in [6.45, 7) is 8.31. The van der Waals surface area contributed by atoms with Gasteiger partial charge in [0.2, 0.25) is 0 Å². The van der Waals surface area contributed by atoms with E-state index in [4.69, 9.17) is 0 Å². The number of aryl methyl sites for hydroxylation is 2. The van der Waals surface area contributed by atoms with E-state index in [1.165, 1.54) is 26.0 Å². The number of nitrogens with one attached hydrogen (secondary N) is 1. The molecule has 1 aromatic heterocycles. The van der Waals surface area contributed by atoms with Crippen molar-refractivity contribution in [3.8, 4) is 0 Å². The zero-order valence-corrected chi connectivity index (χ0v) is 13.3. The third-order valence-corrected chi connectivity index (χ3v) is 5.22. The molecule has 0 amide bonds. The second-order valence-corrected chi connectivity index (χ2v) is 6.80. The predicted molar refractivity (Wildman–Crippen MR) is 85.0 cm³/mol. The van der Waals surface area contributed by atoms with Crippen molar-refractivity contribution in [2.24, 2.45) is 0 Å². The van der Waals surface area contributed by atoms with Gasteiger partial charge in [-0.2, -0.15) is 0 Å². The highest BCUT2D eigenvalue weighted by atomic mass is 32.2. The Kier molecular flexibility index (Phi) is 5.43. The van der Waals surface area contributed by atoms with Crippen LogP contribution < -0.4 is 5.32 Å². The van der Waals surface area contributed by atoms with Gasteiger partial charge in [-0.15, -0.1) is 23.1 Å². The van der Waals surface area contributed by atoms with Crippen LogP contribution in [0.1, 0.15) is 28.1 Å². The highest BCUT2D eigenvalue weighted by Gasteiger charge is 2.04. The Balaban J connectivity index is 1.89. The zero-order chi connectivity index (χ0) is 13.7. The number of aromatic nitrogens is 1. The predicted octanol–water partition coefficient (Wildman–Crippen LogP) is 4.16. The van der Waals surface area contributed by atoms with Crippen LogP contribution in [0.2, 0.25) is 0 Å². The summed E-state index contributed by atoms with van der Waals surface area (Å²) < 4.78 is 0. The van der Waals surface area contributed by atoms with Crippen LogP contribution >= 0.6 is 23.1 Å². The standard InChI is InChI=1S/C15H20N2S2/c1-4-16-9-13-5-7-14(8-6-13)18-10-15-17-11(2)12(3)19-15/h5-8,16H,4,9-10H2,1-3H3. The molecule has 0 unspecified atom stereocenters. The number of rotatable bonds is 6. The Morgan fingerprint density at radius 3 is 2.53 bits per heavy atom. The third-order valence-electron chi connectivity index (χ3n) is 2.94. The fraction of sp³-hybridized carbons (Fsp3) is 0.400. The van der Waals surface area contributed by atoms with Gasteiger partial charge in [0.05, 0.1) is 11.4 Å². The van der Waals surface area contributed by atoms with Gasteiger partial charge in [0.1, 0.15) is 5.01 Å². The molecule has 0 radical (unpaired) electrons. The van der Waals surface area contributed by atoms with E-state index in [1.54, 1.807) is 11.3 Å². The van der Waals surface area contributed by atoms with E-state index in [2.05, 4.69) is 55.3 Å². The molecule has 102 valence electrons. The van der Waals surface area contributed by atoms with E-state index in [0.29, 0.717) is 0 Å². The first kappa shape index (κ1) is 14.6. The SMILES string of the molecule is CCNCc1ccc(SCc2nc(C)c(C)s2)cc1. The maximum Gasteiger partial charge on any atom is 0.103 e. The number of benzene rings is 1. The second-order valence-electron chi connectivity index (χ2n) is 4.46.